The molecule has 0 heterocycles. The number of hydrogen-bond acceptors (Lipinski definition) is 6. The second-order valence-electron chi connectivity index (χ2n) is 13.0. The summed E-state index contributed by atoms with van der Waals surface area (Å²) in [6.45, 7) is -2.47. The maximum atomic E-state index is 16.2. The first kappa shape index (κ1) is 48.6. The number of alkyl halides is 10. The summed E-state index contributed by atoms with van der Waals surface area (Å²) in [4.78, 5) is 52.7. The molecule has 5 aromatic carbocycles. The lowest BCUT2D eigenvalue weighted by molar-refractivity contribution is -0.348. The summed E-state index contributed by atoms with van der Waals surface area (Å²) in [5, 5.41) is 3.96. The second kappa shape index (κ2) is 18.0. The molecule has 24 heteroatoms. The van der Waals surface area contributed by atoms with Gasteiger partial charge in [-0.3, -0.25) is 19.2 Å². The predicted octanol–water partition coefficient (Wildman–Crippen LogP) is 11.7. The fourth-order valence-electron chi connectivity index (χ4n) is 6.06. The maximum Gasteiger partial charge on any atom is 0.436 e. The van der Waals surface area contributed by atoms with Gasteiger partial charge in [0.2, 0.25) is 0 Å². The lowest BCUT2D eigenvalue weighted by Gasteiger charge is -2.36. The van der Waals surface area contributed by atoms with Crippen LogP contribution in [0.3, 0.4) is 0 Å². The highest BCUT2D eigenvalue weighted by molar-refractivity contribution is 9.10. The Bertz CT molecular complexity index is 2500. The van der Waals surface area contributed by atoms with Crippen molar-refractivity contribution in [2.24, 2.45) is 0 Å². The van der Waals surface area contributed by atoms with Gasteiger partial charge in [-0.1, -0.05) is 40.2 Å². The van der Waals surface area contributed by atoms with E-state index in [0.717, 1.165) is 12.1 Å². The average molecular weight is 990 g/mol. The minimum atomic E-state index is -7.27. The smallest absolute Gasteiger partial charge is 0.375 e. The standard InChI is InChI=1S/C40H20BrF16N3O4/c41-20-14-13-19(38(49,50)51)34(31(20)37(48,39(52,53)54)40(55,56)57)60(35(63)17-5-1-11-25(32(17)46)58-15-27(61)29-21(42)7-3-8-22(29)43)36(64)18-6-2-12-26(33(18)47)59-16-28(62)30-23(44)9-4-10-24(30)45/h1-14,58-59H,15-16H2. The molecular weight excluding hydrogens is 970 g/mol. The minimum Gasteiger partial charge on any atom is -0.375 e. The van der Waals surface area contributed by atoms with Crippen LogP contribution in [0.2, 0.25) is 0 Å². The summed E-state index contributed by atoms with van der Waals surface area (Å²) >= 11 is 2.13. The van der Waals surface area contributed by atoms with Crippen molar-refractivity contribution in [3.63, 3.8) is 0 Å². The molecule has 5 aromatic rings. The molecule has 2 amide bonds. The molecule has 5 rings (SSSR count). The number of rotatable bonds is 12. The van der Waals surface area contributed by atoms with Crippen LogP contribution in [-0.2, 0) is 11.8 Å². The quantitative estimate of drug-likeness (QED) is 0.0735. The number of amides is 2. The van der Waals surface area contributed by atoms with Crippen LogP contribution in [-0.4, -0.2) is 48.8 Å². The van der Waals surface area contributed by atoms with Crippen LogP contribution in [0.5, 0.6) is 0 Å². The van der Waals surface area contributed by atoms with Gasteiger partial charge in [-0.15, -0.1) is 0 Å². The van der Waals surface area contributed by atoms with Crippen molar-refractivity contribution >= 4 is 56.4 Å². The zero-order valence-corrected chi connectivity index (χ0v) is 32.6. The number of imide groups is 1. The minimum absolute atomic E-state index is 0.165. The molecule has 64 heavy (non-hydrogen) atoms. The summed E-state index contributed by atoms with van der Waals surface area (Å²) in [5.74, 6) is -17.9. The molecule has 0 aliphatic heterocycles. The molecule has 0 atom stereocenters. The van der Waals surface area contributed by atoms with Gasteiger partial charge in [0.15, 0.2) is 23.2 Å². The van der Waals surface area contributed by atoms with E-state index < -0.39 is 155 Å². The van der Waals surface area contributed by atoms with Crippen LogP contribution in [0, 0.1) is 34.9 Å². The van der Waals surface area contributed by atoms with Gasteiger partial charge in [-0.2, -0.15) is 39.5 Å². The summed E-state index contributed by atoms with van der Waals surface area (Å²) in [7, 11) is 0. The predicted molar refractivity (Wildman–Crippen MR) is 196 cm³/mol. The van der Waals surface area contributed by atoms with E-state index in [9.17, 15) is 76.3 Å². The van der Waals surface area contributed by atoms with Gasteiger partial charge in [0.1, 0.15) is 23.3 Å². The third-order valence-corrected chi connectivity index (χ3v) is 9.67. The number of nitrogens with one attached hydrogen (secondary N) is 2. The molecule has 2 N–H and O–H groups in total. The molecule has 0 fully saturated rings. The van der Waals surface area contributed by atoms with Crippen molar-refractivity contribution in [2.45, 2.75) is 24.2 Å². The van der Waals surface area contributed by atoms with Crippen molar-refractivity contribution in [1.82, 2.24) is 0 Å². The Labute approximate surface area is 355 Å². The SMILES string of the molecule is O=C(CNc1cccc(C(=O)N(C(=O)c2cccc(NCC(=O)c3c(F)cccc3F)c2F)c2c(C(F)(F)F)ccc(Br)c2C(F)(C(F)(F)F)C(F)(F)F)c1F)c1c(F)cccc1F. The van der Waals surface area contributed by atoms with E-state index in [1.165, 1.54) is 0 Å². The van der Waals surface area contributed by atoms with Crippen LogP contribution in [0.4, 0.5) is 87.3 Å². The molecule has 7 nitrogen and oxygen atoms in total. The van der Waals surface area contributed by atoms with E-state index in [0.29, 0.717) is 48.5 Å². The van der Waals surface area contributed by atoms with Gasteiger partial charge < -0.3 is 10.6 Å². The van der Waals surface area contributed by atoms with Gasteiger partial charge in [0, 0.05) is 10.0 Å². The van der Waals surface area contributed by atoms with Gasteiger partial charge in [0.25, 0.3) is 11.8 Å². The van der Waals surface area contributed by atoms with Gasteiger partial charge in [0.05, 0.1) is 58.0 Å². The van der Waals surface area contributed by atoms with Crippen molar-refractivity contribution in [1.29, 1.82) is 0 Å². The van der Waals surface area contributed by atoms with Crippen LogP contribution in [0.25, 0.3) is 0 Å². The average Bonchev–Trinajstić information content (AvgIpc) is 3.18. The molecule has 0 aromatic heterocycles. The van der Waals surface area contributed by atoms with E-state index >= 15 is 13.2 Å². The highest BCUT2D eigenvalue weighted by atomic mass is 79.9. The van der Waals surface area contributed by atoms with Gasteiger partial charge >= 0.3 is 24.2 Å². The molecule has 0 saturated carbocycles. The second-order valence-corrected chi connectivity index (χ2v) is 13.9. The van der Waals surface area contributed by atoms with E-state index in [4.69, 9.17) is 0 Å². The number of carbonyl (C=O) groups is 4. The molecule has 0 aliphatic rings. The third kappa shape index (κ3) is 9.13. The van der Waals surface area contributed by atoms with E-state index in [-0.39, 0.29) is 24.3 Å². The first-order valence-electron chi connectivity index (χ1n) is 17.3. The lowest BCUT2D eigenvalue weighted by Crippen LogP contribution is -2.52. The zero-order chi connectivity index (χ0) is 47.9. The summed E-state index contributed by atoms with van der Waals surface area (Å²) < 4.78 is 234. The molecule has 0 spiro atoms. The number of ketones is 2. The van der Waals surface area contributed by atoms with Crippen molar-refractivity contribution in [3.05, 3.63) is 158 Å². The number of benzene rings is 5. The summed E-state index contributed by atoms with van der Waals surface area (Å²) in [6, 6.07) is 6.96. The van der Waals surface area contributed by atoms with Crippen molar-refractivity contribution in [2.75, 3.05) is 28.6 Å². The molecule has 0 radical (unpaired) electrons. The van der Waals surface area contributed by atoms with Crippen molar-refractivity contribution in [3.8, 4) is 0 Å². The van der Waals surface area contributed by atoms with Crippen LogP contribution in [0.1, 0.15) is 52.6 Å². The first-order chi connectivity index (χ1) is 29.6. The topological polar surface area (TPSA) is 95.6 Å². The largest absolute Gasteiger partial charge is 0.436 e. The Morgan fingerprint density at radius 2 is 0.875 bits per heavy atom. The zero-order valence-electron chi connectivity index (χ0n) is 31.0. The molecular formula is C40H20BrF16N3O4. The van der Waals surface area contributed by atoms with Gasteiger partial charge in [-0.25, -0.2) is 35.6 Å². The van der Waals surface area contributed by atoms with Gasteiger partial charge in [-0.05, 0) is 60.7 Å². The van der Waals surface area contributed by atoms with E-state index in [1.807, 2.05) is 10.6 Å². The Morgan fingerprint density at radius 1 is 0.516 bits per heavy atom. The Morgan fingerprint density at radius 3 is 1.22 bits per heavy atom. The molecule has 0 bridgehead atoms. The highest BCUT2D eigenvalue weighted by Gasteiger charge is 2.75. The third-order valence-electron chi connectivity index (χ3n) is 9.01. The normalized spacial score (nSPS) is 12.2. The lowest BCUT2D eigenvalue weighted by atomic mass is 9.89. The Balaban J connectivity index is 1.75. The molecule has 0 saturated heterocycles. The number of Topliss-reactive ketones (excluding diaryl/α,β-unsaturated/α-hetero) is 2. The van der Waals surface area contributed by atoms with Crippen molar-refractivity contribution < 1.29 is 89.4 Å². The molecule has 0 unspecified atom stereocenters. The number of carbonyl (C=O) groups excluding carboxylic acids is 4. The summed E-state index contributed by atoms with van der Waals surface area (Å²) in [6.07, 6.45) is -20.8. The van der Waals surface area contributed by atoms with E-state index in [2.05, 4.69) is 15.9 Å². The first-order valence-corrected chi connectivity index (χ1v) is 18.0. The Kier molecular flexibility index (Phi) is 13.6. The highest BCUT2D eigenvalue weighted by Crippen LogP contribution is 2.59. The van der Waals surface area contributed by atoms with E-state index in [1.54, 1.807) is 0 Å². The van der Waals surface area contributed by atoms with Crippen LogP contribution < -0.4 is 15.5 Å². The summed E-state index contributed by atoms with van der Waals surface area (Å²) in [5.41, 5.74) is -23.8. The molecule has 0 aliphatic carbocycles. The van der Waals surface area contributed by atoms with Crippen LogP contribution >= 0.6 is 15.9 Å². The molecule has 338 valence electrons. The van der Waals surface area contributed by atoms with Crippen LogP contribution in [0.15, 0.2) is 89.4 Å². The number of hydrogen-bond donors (Lipinski definition) is 2. The fourth-order valence-corrected chi connectivity index (χ4v) is 6.65. The fraction of sp³-hybridized carbons (Fsp3) is 0.150. The number of nitrogens with zero attached hydrogens (tertiary/aromatic N) is 1. The maximum absolute atomic E-state index is 16.2. The number of anilines is 3. The monoisotopic (exact) mass is 989 g/mol. The Hall–Kier alpha value is -6.46. The number of halogens is 17.